The average Bonchev–Trinajstić information content (AvgIpc) is 2.35. The van der Waals surface area contributed by atoms with Crippen LogP contribution in [0.3, 0.4) is 0 Å². The van der Waals surface area contributed by atoms with Crippen LogP contribution in [-0.2, 0) is 11.3 Å². The molecule has 1 aromatic rings. The molecule has 17 heavy (non-hydrogen) atoms. The molecule has 6 heteroatoms. The lowest BCUT2D eigenvalue weighted by molar-refractivity contribution is -0.122. The van der Waals surface area contributed by atoms with Crippen molar-refractivity contribution < 1.29 is 10.0 Å². The molecule has 0 aliphatic heterocycles. The Labute approximate surface area is 104 Å². The van der Waals surface area contributed by atoms with E-state index in [2.05, 4.69) is 10.5 Å². The first-order valence-electron chi connectivity index (χ1n) is 5.04. The van der Waals surface area contributed by atoms with Gasteiger partial charge in [-0.05, 0) is 18.6 Å². The highest BCUT2D eigenvalue weighted by atomic mass is 35.5. The summed E-state index contributed by atoms with van der Waals surface area (Å²) in [6.07, 6.45) is 0. The minimum atomic E-state index is -0.678. The third-order valence-electron chi connectivity index (χ3n) is 2.36. The maximum absolute atomic E-state index is 11.6. The van der Waals surface area contributed by atoms with Crippen LogP contribution in [0.15, 0.2) is 29.4 Å². The Morgan fingerprint density at radius 3 is 2.82 bits per heavy atom. The summed E-state index contributed by atoms with van der Waals surface area (Å²) in [6, 6.07) is 7.21. The number of hydrogen-bond donors (Lipinski definition) is 3. The van der Waals surface area contributed by atoms with Gasteiger partial charge in [0, 0.05) is 11.6 Å². The van der Waals surface area contributed by atoms with Crippen LogP contribution in [0.1, 0.15) is 12.5 Å². The van der Waals surface area contributed by atoms with Crippen molar-refractivity contribution in [2.45, 2.75) is 13.5 Å². The van der Waals surface area contributed by atoms with Gasteiger partial charge in [0.25, 0.3) is 0 Å². The molecule has 5 nitrogen and oxygen atoms in total. The lowest BCUT2D eigenvalue weighted by Crippen LogP contribution is -2.36. The summed E-state index contributed by atoms with van der Waals surface area (Å²) in [5, 5.41) is 14.5. The number of rotatable bonds is 4. The lowest BCUT2D eigenvalue weighted by Gasteiger charge is -2.11. The predicted octanol–water partition coefficient (Wildman–Crippen LogP) is 1.34. The Hall–Kier alpha value is -1.75. The first kappa shape index (κ1) is 13.3. The number of carbonyl (C=O) groups excluding carboxylic acids is 1. The molecule has 0 heterocycles. The van der Waals surface area contributed by atoms with E-state index in [9.17, 15) is 4.79 Å². The van der Waals surface area contributed by atoms with Crippen LogP contribution in [0.4, 0.5) is 0 Å². The number of halogens is 1. The monoisotopic (exact) mass is 255 g/mol. The SMILES string of the molecule is CC(C(=O)NCc1ccccc1Cl)C(N)=NO. The van der Waals surface area contributed by atoms with Crippen molar-refractivity contribution in [3.05, 3.63) is 34.9 Å². The summed E-state index contributed by atoms with van der Waals surface area (Å²) in [5.41, 5.74) is 6.14. The zero-order valence-electron chi connectivity index (χ0n) is 9.35. The van der Waals surface area contributed by atoms with Crippen LogP contribution < -0.4 is 11.1 Å². The summed E-state index contributed by atoms with van der Waals surface area (Å²) in [5.74, 6) is -1.12. The molecule has 0 aromatic heterocycles. The third kappa shape index (κ3) is 3.64. The van der Waals surface area contributed by atoms with Gasteiger partial charge in [-0.1, -0.05) is 35.0 Å². The number of oxime groups is 1. The van der Waals surface area contributed by atoms with Gasteiger partial charge in [0.05, 0.1) is 5.92 Å². The molecular weight excluding hydrogens is 242 g/mol. The number of nitrogens with one attached hydrogen (secondary N) is 1. The van der Waals surface area contributed by atoms with E-state index in [1.54, 1.807) is 13.0 Å². The number of amides is 1. The fraction of sp³-hybridized carbons (Fsp3) is 0.273. The smallest absolute Gasteiger partial charge is 0.230 e. The number of nitrogens with zero attached hydrogens (tertiary/aromatic N) is 1. The highest BCUT2D eigenvalue weighted by molar-refractivity contribution is 6.31. The second kappa shape index (κ2) is 6.10. The topological polar surface area (TPSA) is 87.7 Å². The standard InChI is InChI=1S/C11H14ClN3O2/c1-7(10(13)15-17)11(16)14-6-8-4-2-3-5-9(8)12/h2-5,7,17H,6H2,1H3,(H2,13,15)(H,14,16). The fourth-order valence-electron chi connectivity index (χ4n) is 1.20. The predicted molar refractivity (Wildman–Crippen MR) is 65.9 cm³/mol. The molecule has 1 unspecified atom stereocenters. The Morgan fingerprint density at radius 2 is 2.24 bits per heavy atom. The van der Waals surface area contributed by atoms with Gasteiger partial charge < -0.3 is 16.3 Å². The van der Waals surface area contributed by atoms with E-state index in [0.717, 1.165) is 5.56 Å². The first-order chi connectivity index (χ1) is 8.06. The van der Waals surface area contributed by atoms with E-state index in [1.807, 2.05) is 18.2 Å². The molecule has 1 rings (SSSR count). The Balaban J connectivity index is 2.57. The molecule has 0 bridgehead atoms. The van der Waals surface area contributed by atoms with Crippen LogP contribution in [0.25, 0.3) is 0 Å². The van der Waals surface area contributed by atoms with Gasteiger partial charge in [0.15, 0.2) is 5.84 Å². The molecule has 1 atom stereocenters. The summed E-state index contributed by atoms with van der Waals surface area (Å²) in [6.45, 7) is 1.86. The summed E-state index contributed by atoms with van der Waals surface area (Å²) < 4.78 is 0. The second-order valence-electron chi connectivity index (χ2n) is 3.56. The van der Waals surface area contributed by atoms with E-state index >= 15 is 0 Å². The number of carbonyl (C=O) groups is 1. The first-order valence-corrected chi connectivity index (χ1v) is 5.42. The van der Waals surface area contributed by atoms with Crippen LogP contribution in [-0.4, -0.2) is 17.0 Å². The quantitative estimate of drug-likeness (QED) is 0.328. The normalized spacial score (nSPS) is 13.2. The number of benzene rings is 1. The highest BCUT2D eigenvalue weighted by Crippen LogP contribution is 2.14. The molecule has 0 fully saturated rings. The van der Waals surface area contributed by atoms with E-state index in [0.29, 0.717) is 11.6 Å². The van der Waals surface area contributed by atoms with Gasteiger partial charge in [0.2, 0.25) is 5.91 Å². The molecule has 92 valence electrons. The zero-order chi connectivity index (χ0) is 12.8. The summed E-state index contributed by atoms with van der Waals surface area (Å²) in [7, 11) is 0. The molecule has 1 amide bonds. The van der Waals surface area contributed by atoms with Crippen molar-refractivity contribution in [2.75, 3.05) is 0 Å². The summed E-state index contributed by atoms with van der Waals surface area (Å²) in [4.78, 5) is 11.6. The van der Waals surface area contributed by atoms with E-state index in [4.69, 9.17) is 22.5 Å². The Bertz CT molecular complexity index is 434. The number of amidine groups is 1. The maximum Gasteiger partial charge on any atom is 0.230 e. The van der Waals surface area contributed by atoms with Gasteiger partial charge in [-0.15, -0.1) is 0 Å². The van der Waals surface area contributed by atoms with Crippen molar-refractivity contribution in [3.8, 4) is 0 Å². The minimum absolute atomic E-state index is 0.123. The number of nitrogens with two attached hydrogens (primary N) is 1. The molecule has 4 N–H and O–H groups in total. The van der Waals surface area contributed by atoms with E-state index in [-0.39, 0.29) is 11.7 Å². The van der Waals surface area contributed by atoms with Crippen molar-refractivity contribution in [2.24, 2.45) is 16.8 Å². The second-order valence-corrected chi connectivity index (χ2v) is 3.96. The van der Waals surface area contributed by atoms with Gasteiger partial charge in [-0.3, -0.25) is 4.79 Å². The van der Waals surface area contributed by atoms with E-state index in [1.165, 1.54) is 0 Å². The summed E-state index contributed by atoms with van der Waals surface area (Å²) >= 11 is 5.94. The van der Waals surface area contributed by atoms with Crippen LogP contribution in [0, 0.1) is 5.92 Å². The molecular formula is C11H14ClN3O2. The molecule has 0 spiro atoms. The average molecular weight is 256 g/mol. The third-order valence-corrected chi connectivity index (χ3v) is 2.73. The van der Waals surface area contributed by atoms with Gasteiger partial charge in [-0.25, -0.2) is 0 Å². The fourth-order valence-corrected chi connectivity index (χ4v) is 1.40. The molecule has 0 saturated carbocycles. The van der Waals surface area contributed by atoms with Crippen molar-refractivity contribution in [1.82, 2.24) is 5.32 Å². The largest absolute Gasteiger partial charge is 0.409 e. The van der Waals surface area contributed by atoms with Crippen LogP contribution in [0.5, 0.6) is 0 Å². The molecule has 1 aromatic carbocycles. The van der Waals surface area contributed by atoms with Gasteiger partial charge in [0.1, 0.15) is 0 Å². The van der Waals surface area contributed by atoms with Crippen LogP contribution in [0.2, 0.25) is 5.02 Å². The van der Waals surface area contributed by atoms with Gasteiger partial charge in [-0.2, -0.15) is 0 Å². The van der Waals surface area contributed by atoms with Crippen molar-refractivity contribution in [1.29, 1.82) is 0 Å². The number of hydrogen-bond acceptors (Lipinski definition) is 3. The van der Waals surface area contributed by atoms with Crippen molar-refractivity contribution >= 4 is 23.3 Å². The molecule has 0 aliphatic rings. The van der Waals surface area contributed by atoms with Crippen molar-refractivity contribution in [3.63, 3.8) is 0 Å². The lowest BCUT2D eigenvalue weighted by atomic mass is 10.1. The molecule has 0 radical (unpaired) electrons. The zero-order valence-corrected chi connectivity index (χ0v) is 10.1. The van der Waals surface area contributed by atoms with Gasteiger partial charge >= 0.3 is 0 Å². The molecule has 0 saturated heterocycles. The van der Waals surface area contributed by atoms with Crippen LogP contribution >= 0.6 is 11.6 Å². The van der Waals surface area contributed by atoms with E-state index < -0.39 is 5.92 Å². The Morgan fingerprint density at radius 1 is 1.59 bits per heavy atom. The molecule has 0 aliphatic carbocycles. The Kier molecular flexibility index (Phi) is 4.78. The maximum atomic E-state index is 11.6. The minimum Gasteiger partial charge on any atom is -0.409 e. The highest BCUT2D eigenvalue weighted by Gasteiger charge is 2.17.